The van der Waals surface area contributed by atoms with Gasteiger partial charge in [-0.25, -0.2) is 0 Å². The van der Waals surface area contributed by atoms with Gasteiger partial charge >= 0.3 is 0 Å². The molecule has 5 rings (SSSR count). The normalized spacial score (nSPS) is 47.6. The molecule has 0 aromatic rings. The first-order chi connectivity index (χ1) is 14.4. The van der Waals surface area contributed by atoms with Crippen molar-refractivity contribution in [3.63, 3.8) is 0 Å². The maximum atomic E-state index is 12.6. The number of piperazine rings is 1. The first-order valence-corrected chi connectivity index (χ1v) is 13.0. The van der Waals surface area contributed by atoms with Gasteiger partial charge in [-0.15, -0.1) is 0 Å². The summed E-state index contributed by atoms with van der Waals surface area (Å²) in [6.07, 6.45) is 11.6. The summed E-state index contributed by atoms with van der Waals surface area (Å²) in [5.74, 6) is 3.76. The molecule has 30 heavy (non-hydrogen) atoms. The summed E-state index contributed by atoms with van der Waals surface area (Å²) in [7, 11) is 2.22. The molecule has 0 spiro atoms. The number of likely N-dealkylation sites (N-methyl/N-ethyl adjacent to an activating group) is 1. The zero-order valence-corrected chi connectivity index (χ0v) is 19.7. The highest BCUT2D eigenvalue weighted by atomic mass is 16.5. The molecule has 0 radical (unpaired) electrons. The zero-order valence-electron chi connectivity index (χ0n) is 19.7. The molecule has 4 unspecified atom stereocenters. The number of ketones is 1. The van der Waals surface area contributed by atoms with Crippen molar-refractivity contribution in [1.82, 2.24) is 9.80 Å². The van der Waals surface area contributed by atoms with Crippen LogP contribution in [0.5, 0.6) is 0 Å². The highest BCUT2D eigenvalue weighted by molar-refractivity contribution is 5.87. The van der Waals surface area contributed by atoms with Crippen LogP contribution in [0.15, 0.2) is 0 Å². The molecule has 0 N–H and O–H groups in total. The Hall–Kier alpha value is -0.450. The second kappa shape index (κ2) is 8.15. The average molecular weight is 417 g/mol. The fourth-order valence-corrected chi connectivity index (χ4v) is 8.56. The van der Waals surface area contributed by atoms with Gasteiger partial charge in [-0.1, -0.05) is 13.8 Å². The number of carbonyl (C=O) groups is 1. The summed E-state index contributed by atoms with van der Waals surface area (Å²) in [5, 5.41) is 0. The molecule has 170 valence electrons. The van der Waals surface area contributed by atoms with Crippen molar-refractivity contribution in [2.45, 2.75) is 77.7 Å². The van der Waals surface area contributed by atoms with E-state index in [0.29, 0.717) is 23.2 Å². The van der Waals surface area contributed by atoms with Gasteiger partial charge in [-0.3, -0.25) is 9.69 Å². The SMILES string of the molecule is CN1CCN(CCO[C@H]2CC[C@@]3(C)C(CCC4C3CC[C@]3(C)C(=O)CCC43)C2)CC1. The number of carbonyl (C=O) groups excluding carboxylic acids is 1. The molecule has 1 heterocycles. The summed E-state index contributed by atoms with van der Waals surface area (Å²) in [6.45, 7) is 11.7. The number of hydrogen-bond acceptors (Lipinski definition) is 4. The minimum Gasteiger partial charge on any atom is -0.377 e. The van der Waals surface area contributed by atoms with E-state index in [1.165, 1.54) is 71.1 Å². The Morgan fingerprint density at radius 1 is 0.967 bits per heavy atom. The molecule has 1 aliphatic heterocycles. The van der Waals surface area contributed by atoms with Gasteiger partial charge in [0, 0.05) is 44.6 Å². The summed E-state index contributed by atoms with van der Waals surface area (Å²) < 4.78 is 6.44. The van der Waals surface area contributed by atoms with Crippen LogP contribution in [-0.4, -0.2) is 68.1 Å². The van der Waals surface area contributed by atoms with Gasteiger partial charge in [0.15, 0.2) is 0 Å². The van der Waals surface area contributed by atoms with Gasteiger partial charge in [-0.2, -0.15) is 0 Å². The minimum atomic E-state index is 0.0218. The lowest BCUT2D eigenvalue weighted by Crippen LogP contribution is -2.54. The van der Waals surface area contributed by atoms with Crippen molar-refractivity contribution < 1.29 is 9.53 Å². The van der Waals surface area contributed by atoms with Crippen LogP contribution in [0.3, 0.4) is 0 Å². The first-order valence-electron chi connectivity index (χ1n) is 13.0. The van der Waals surface area contributed by atoms with Crippen molar-refractivity contribution in [3.8, 4) is 0 Å². The summed E-state index contributed by atoms with van der Waals surface area (Å²) in [6, 6.07) is 0. The van der Waals surface area contributed by atoms with E-state index >= 15 is 0 Å². The molecule has 4 saturated carbocycles. The molecule has 0 aromatic carbocycles. The van der Waals surface area contributed by atoms with Crippen LogP contribution in [0.25, 0.3) is 0 Å². The van der Waals surface area contributed by atoms with Crippen LogP contribution in [-0.2, 0) is 9.53 Å². The Labute approximate surface area is 184 Å². The Morgan fingerprint density at radius 3 is 2.57 bits per heavy atom. The Bertz CT molecular complexity index is 645. The van der Waals surface area contributed by atoms with Crippen molar-refractivity contribution >= 4 is 5.78 Å². The Morgan fingerprint density at radius 2 is 1.77 bits per heavy atom. The van der Waals surface area contributed by atoms with Crippen LogP contribution < -0.4 is 0 Å². The predicted molar refractivity (Wildman–Crippen MR) is 120 cm³/mol. The zero-order chi connectivity index (χ0) is 20.9. The minimum absolute atomic E-state index is 0.0218. The number of Topliss-reactive ketones (excluding diaryl/α,β-unsaturated/α-hetero) is 1. The Balaban J connectivity index is 1.16. The number of rotatable bonds is 4. The molecule has 5 fully saturated rings. The molecular formula is C26H44N2O2. The van der Waals surface area contributed by atoms with Gasteiger partial charge in [0.25, 0.3) is 0 Å². The molecule has 5 aliphatic rings. The summed E-state index contributed by atoms with van der Waals surface area (Å²) in [4.78, 5) is 17.6. The monoisotopic (exact) mass is 416 g/mol. The van der Waals surface area contributed by atoms with Crippen LogP contribution in [0.2, 0.25) is 0 Å². The predicted octanol–water partition coefficient (Wildman–Crippen LogP) is 4.23. The molecule has 0 amide bonds. The number of hydrogen-bond donors (Lipinski definition) is 0. The number of ether oxygens (including phenoxy) is 1. The maximum absolute atomic E-state index is 12.6. The van der Waals surface area contributed by atoms with Crippen LogP contribution in [0.4, 0.5) is 0 Å². The Kier molecular flexibility index (Phi) is 5.82. The van der Waals surface area contributed by atoms with E-state index in [-0.39, 0.29) is 5.41 Å². The average Bonchev–Trinajstić information content (AvgIpc) is 3.04. The highest BCUT2D eigenvalue weighted by Gasteiger charge is 2.60. The lowest BCUT2D eigenvalue weighted by Gasteiger charge is -2.60. The van der Waals surface area contributed by atoms with E-state index in [1.54, 1.807) is 0 Å². The lowest BCUT2D eigenvalue weighted by molar-refractivity contribution is -0.145. The second-order valence-electron chi connectivity index (χ2n) is 12.0. The molecule has 4 aliphatic carbocycles. The maximum Gasteiger partial charge on any atom is 0.139 e. The van der Waals surface area contributed by atoms with Crippen molar-refractivity contribution in [3.05, 3.63) is 0 Å². The van der Waals surface area contributed by atoms with Crippen molar-refractivity contribution in [2.75, 3.05) is 46.4 Å². The third-order valence-electron chi connectivity index (χ3n) is 10.7. The number of fused-ring (bicyclic) bond motifs is 5. The van der Waals surface area contributed by atoms with Gasteiger partial charge in [-0.05, 0) is 87.5 Å². The topological polar surface area (TPSA) is 32.8 Å². The quantitative estimate of drug-likeness (QED) is 0.687. The largest absolute Gasteiger partial charge is 0.377 e. The van der Waals surface area contributed by atoms with Crippen LogP contribution in [0, 0.1) is 34.5 Å². The van der Waals surface area contributed by atoms with Gasteiger partial charge in [0.1, 0.15) is 5.78 Å². The second-order valence-corrected chi connectivity index (χ2v) is 12.0. The van der Waals surface area contributed by atoms with Crippen LogP contribution in [0.1, 0.15) is 71.6 Å². The smallest absolute Gasteiger partial charge is 0.139 e. The fraction of sp³-hybridized carbons (Fsp3) is 0.962. The highest BCUT2D eigenvalue weighted by Crippen LogP contribution is 2.65. The standard InChI is InChI=1S/C26H44N2O2/c1-25-10-8-20(30-17-16-28-14-12-27(3)13-15-28)18-19(25)4-5-21-22-6-7-24(29)26(22,2)11-9-23(21)25/h19-23H,4-18H2,1-3H3/t19?,20-,21?,22?,23?,25-,26-/m0/s1. The van der Waals surface area contributed by atoms with Gasteiger partial charge < -0.3 is 9.64 Å². The van der Waals surface area contributed by atoms with Gasteiger partial charge in [0.2, 0.25) is 0 Å². The molecule has 4 heteroatoms. The van der Waals surface area contributed by atoms with E-state index in [4.69, 9.17) is 4.74 Å². The summed E-state index contributed by atoms with van der Waals surface area (Å²) in [5.41, 5.74) is 0.515. The van der Waals surface area contributed by atoms with E-state index < -0.39 is 0 Å². The molecule has 0 aromatic heterocycles. The van der Waals surface area contributed by atoms with E-state index in [0.717, 1.165) is 43.7 Å². The fourth-order valence-electron chi connectivity index (χ4n) is 8.56. The number of nitrogens with zero attached hydrogens (tertiary/aromatic N) is 2. The lowest BCUT2D eigenvalue weighted by atomic mass is 9.45. The van der Waals surface area contributed by atoms with Crippen molar-refractivity contribution in [2.24, 2.45) is 34.5 Å². The third-order valence-corrected chi connectivity index (χ3v) is 10.7. The van der Waals surface area contributed by atoms with E-state index in [2.05, 4.69) is 30.7 Å². The summed E-state index contributed by atoms with van der Waals surface area (Å²) >= 11 is 0. The molecule has 0 bridgehead atoms. The van der Waals surface area contributed by atoms with Gasteiger partial charge in [0.05, 0.1) is 12.7 Å². The molecule has 7 atom stereocenters. The first kappa shape index (κ1) is 21.4. The molecule has 1 saturated heterocycles. The van der Waals surface area contributed by atoms with E-state index in [9.17, 15) is 4.79 Å². The van der Waals surface area contributed by atoms with Crippen molar-refractivity contribution in [1.29, 1.82) is 0 Å². The van der Waals surface area contributed by atoms with Crippen LogP contribution >= 0.6 is 0 Å². The molecule has 4 nitrogen and oxygen atoms in total. The van der Waals surface area contributed by atoms with E-state index in [1.807, 2.05) is 0 Å². The molecular weight excluding hydrogens is 372 g/mol. The third kappa shape index (κ3) is 3.59.